The van der Waals surface area contributed by atoms with Gasteiger partial charge in [0.25, 0.3) is 5.91 Å². The number of hydrogen-bond acceptors (Lipinski definition) is 4. The molecule has 16 heavy (non-hydrogen) atoms. The third-order valence-corrected chi connectivity index (χ3v) is 3.50. The number of aromatic amines is 1. The number of nitrogens with one attached hydrogen (secondary N) is 2. The van der Waals surface area contributed by atoms with E-state index in [9.17, 15) is 4.79 Å². The Hall–Kier alpha value is -1.82. The summed E-state index contributed by atoms with van der Waals surface area (Å²) in [5.41, 5.74) is 8.03. The summed E-state index contributed by atoms with van der Waals surface area (Å²) in [4.78, 5) is 12.7. The monoisotopic (exact) mass is 236 g/mol. The molecule has 1 amide bonds. The van der Waals surface area contributed by atoms with E-state index in [1.807, 2.05) is 13.0 Å². The third kappa shape index (κ3) is 1.67. The molecule has 0 aliphatic heterocycles. The molecule has 0 saturated heterocycles. The summed E-state index contributed by atoms with van der Waals surface area (Å²) in [6, 6.07) is 1.91. The van der Waals surface area contributed by atoms with Gasteiger partial charge in [-0.15, -0.1) is 11.3 Å². The fourth-order valence-electron chi connectivity index (χ4n) is 1.49. The lowest BCUT2D eigenvalue weighted by Crippen LogP contribution is -2.10. The van der Waals surface area contributed by atoms with E-state index < -0.39 is 5.91 Å². The molecule has 0 aromatic carbocycles. The van der Waals surface area contributed by atoms with Gasteiger partial charge in [0.2, 0.25) is 0 Å². The number of anilines is 1. The topological polar surface area (TPSA) is 83.8 Å². The minimum Gasteiger partial charge on any atom is -0.387 e. The third-order valence-electron chi connectivity index (χ3n) is 2.32. The highest BCUT2D eigenvalue weighted by atomic mass is 32.1. The van der Waals surface area contributed by atoms with E-state index in [-0.39, 0.29) is 0 Å². The second kappa shape index (κ2) is 3.97. The molecule has 5 nitrogen and oxygen atoms in total. The first kappa shape index (κ1) is 10.7. The Kier molecular flexibility index (Phi) is 2.66. The van der Waals surface area contributed by atoms with Crippen molar-refractivity contribution >= 4 is 22.9 Å². The van der Waals surface area contributed by atoms with Crippen molar-refractivity contribution < 1.29 is 4.79 Å². The fraction of sp³-hybridized carbons (Fsp3) is 0.200. The molecule has 0 saturated carbocycles. The Bertz CT molecular complexity index is 529. The first-order chi connectivity index (χ1) is 7.63. The van der Waals surface area contributed by atoms with Crippen molar-refractivity contribution in [1.82, 2.24) is 10.2 Å². The zero-order chi connectivity index (χ0) is 11.7. The Balaban J connectivity index is 2.52. The first-order valence-corrected chi connectivity index (χ1v) is 5.57. The van der Waals surface area contributed by atoms with Crippen LogP contribution in [0.2, 0.25) is 0 Å². The number of thiophene rings is 1. The molecule has 0 atom stereocenters. The lowest BCUT2D eigenvalue weighted by Gasteiger charge is -1.95. The Morgan fingerprint density at radius 1 is 1.62 bits per heavy atom. The van der Waals surface area contributed by atoms with E-state index in [4.69, 9.17) is 5.73 Å². The number of primary amides is 1. The van der Waals surface area contributed by atoms with Crippen LogP contribution in [0.5, 0.6) is 0 Å². The highest BCUT2D eigenvalue weighted by molar-refractivity contribution is 7.18. The average molecular weight is 236 g/mol. The summed E-state index contributed by atoms with van der Waals surface area (Å²) in [6.45, 7) is 1.94. The van der Waals surface area contributed by atoms with Crippen molar-refractivity contribution in [3.63, 3.8) is 0 Å². The lowest BCUT2D eigenvalue weighted by molar-refractivity contribution is 0.100. The van der Waals surface area contributed by atoms with Gasteiger partial charge in [-0.2, -0.15) is 5.10 Å². The predicted octanol–water partition coefficient (Wildman–Crippen LogP) is 1.59. The van der Waals surface area contributed by atoms with E-state index in [0.29, 0.717) is 4.88 Å². The molecular formula is C10H12N4OS. The molecule has 2 aromatic rings. The molecular weight excluding hydrogens is 224 g/mol. The van der Waals surface area contributed by atoms with Gasteiger partial charge in [0, 0.05) is 23.2 Å². The quantitative estimate of drug-likeness (QED) is 0.756. The fourth-order valence-corrected chi connectivity index (χ4v) is 2.58. The van der Waals surface area contributed by atoms with Crippen molar-refractivity contribution in [1.29, 1.82) is 0 Å². The van der Waals surface area contributed by atoms with Crippen molar-refractivity contribution in [3.05, 3.63) is 22.8 Å². The summed E-state index contributed by atoms with van der Waals surface area (Å²) < 4.78 is 0. The number of aromatic nitrogens is 2. The second-order valence-electron chi connectivity index (χ2n) is 3.38. The first-order valence-electron chi connectivity index (χ1n) is 4.75. The van der Waals surface area contributed by atoms with Crippen LogP contribution in [0.3, 0.4) is 0 Å². The molecule has 2 aromatic heterocycles. The zero-order valence-electron chi connectivity index (χ0n) is 9.00. The minimum absolute atomic E-state index is 0.415. The summed E-state index contributed by atoms with van der Waals surface area (Å²) in [5, 5.41) is 9.77. The van der Waals surface area contributed by atoms with Gasteiger partial charge in [-0.25, -0.2) is 0 Å². The smallest absolute Gasteiger partial charge is 0.260 e. The summed E-state index contributed by atoms with van der Waals surface area (Å²) in [5.74, 6) is -0.415. The van der Waals surface area contributed by atoms with Crippen LogP contribution in [-0.4, -0.2) is 23.2 Å². The highest BCUT2D eigenvalue weighted by Crippen LogP contribution is 2.35. The molecule has 2 rings (SSSR count). The van der Waals surface area contributed by atoms with Gasteiger partial charge in [-0.05, 0) is 13.0 Å². The molecule has 0 bridgehead atoms. The standard InChI is InChI=1S/C10H12N4OS/c1-5-6(4-13-14-5)8-3-7(12-2)9(16-8)10(11)15/h3-4,12H,1-2H3,(H2,11,15)(H,13,14). The van der Waals surface area contributed by atoms with E-state index >= 15 is 0 Å². The van der Waals surface area contributed by atoms with Crippen LogP contribution in [-0.2, 0) is 0 Å². The van der Waals surface area contributed by atoms with E-state index in [0.717, 1.165) is 21.8 Å². The van der Waals surface area contributed by atoms with Gasteiger partial charge in [0.15, 0.2) is 0 Å². The maximum atomic E-state index is 11.2. The molecule has 4 N–H and O–H groups in total. The van der Waals surface area contributed by atoms with Crippen molar-refractivity contribution in [2.24, 2.45) is 5.73 Å². The summed E-state index contributed by atoms with van der Waals surface area (Å²) in [7, 11) is 1.76. The molecule has 0 spiro atoms. The van der Waals surface area contributed by atoms with Crippen LogP contribution in [0.1, 0.15) is 15.4 Å². The van der Waals surface area contributed by atoms with E-state index in [2.05, 4.69) is 15.5 Å². The minimum atomic E-state index is -0.415. The Morgan fingerprint density at radius 2 is 2.38 bits per heavy atom. The normalized spacial score (nSPS) is 10.4. The zero-order valence-corrected chi connectivity index (χ0v) is 9.81. The number of carbonyl (C=O) groups is 1. The second-order valence-corrected chi connectivity index (χ2v) is 4.43. The van der Waals surface area contributed by atoms with Crippen molar-refractivity contribution in [2.75, 3.05) is 12.4 Å². The van der Waals surface area contributed by atoms with Crippen LogP contribution in [0.4, 0.5) is 5.69 Å². The maximum absolute atomic E-state index is 11.2. The lowest BCUT2D eigenvalue weighted by atomic mass is 10.2. The number of nitrogens with zero attached hydrogens (tertiary/aromatic N) is 1. The summed E-state index contributed by atoms with van der Waals surface area (Å²) >= 11 is 1.37. The molecule has 0 unspecified atom stereocenters. The molecule has 6 heteroatoms. The number of amides is 1. The van der Waals surface area contributed by atoms with E-state index in [1.165, 1.54) is 11.3 Å². The number of hydrogen-bond donors (Lipinski definition) is 3. The molecule has 0 aliphatic carbocycles. The van der Waals surface area contributed by atoms with E-state index in [1.54, 1.807) is 13.2 Å². The largest absolute Gasteiger partial charge is 0.387 e. The van der Waals surface area contributed by atoms with Crippen LogP contribution in [0.25, 0.3) is 10.4 Å². The molecule has 0 aliphatic rings. The number of rotatable bonds is 3. The van der Waals surface area contributed by atoms with Gasteiger partial charge in [0.1, 0.15) is 4.88 Å². The summed E-state index contributed by atoms with van der Waals surface area (Å²) in [6.07, 6.45) is 1.74. The van der Waals surface area contributed by atoms with Crippen LogP contribution in [0, 0.1) is 6.92 Å². The molecule has 0 fully saturated rings. The van der Waals surface area contributed by atoms with Gasteiger partial charge < -0.3 is 11.1 Å². The number of carbonyl (C=O) groups excluding carboxylic acids is 1. The van der Waals surface area contributed by atoms with Gasteiger partial charge >= 0.3 is 0 Å². The van der Waals surface area contributed by atoms with Crippen molar-refractivity contribution in [3.8, 4) is 10.4 Å². The van der Waals surface area contributed by atoms with Crippen molar-refractivity contribution in [2.45, 2.75) is 6.92 Å². The van der Waals surface area contributed by atoms with Crippen LogP contribution >= 0.6 is 11.3 Å². The number of H-pyrrole nitrogens is 1. The molecule has 2 heterocycles. The number of nitrogens with two attached hydrogens (primary N) is 1. The van der Waals surface area contributed by atoms with Gasteiger partial charge in [0.05, 0.1) is 11.9 Å². The molecule has 0 radical (unpaired) electrons. The highest BCUT2D eigenvalue weighted by Gasteiger charge is 2.15. The van der Waals surface area contributed by atoms with Crippen LogP contribution in [0.15, 0.2) is 12.3 Å². The van der Waals surface area contributed by atoms with Gasteiger partial charge in [-0.1, -0.05) is 0 Å². The average Bonchev–Trinajstić information content (AvgIpc) is 2.82. The Morgan fingerprint density at radius 3 is 2.81 bits per heavy atom. The van der Waals surface area contributed by atoms with Crippen LogP contribution < -0.4 is 11.1 Å². The number of aryl methyl sites for hydroxylation is 1. The molecule has 84 valence electrons. The van der Waals surface area contributed by atoms with Gasteiger partial charge in [-0.3, -0.25) is 9.89 Å². The Labute approximate surface area is 96.7 Å². The SMILES string of the molecule is CNc1cc(-c2cn[nH]c2C)sc1C(N)=O. The predicted molar refractivity (Wildman–Crippen MR) is 64.7 cm³/mol. The maximum Gasteiger partial charge on any atom is 0.260 e.